The fourth-order valence-corrected chi connectivity index (χ4v) is 2.79. The molecule has 2 nitrogen and oxygen atoms in total. The number of ether oxygens (including phenoxy) is 1. The summed E-state index contributed by atoms with van der Waals surface area (Å²) in [6, 6.07) is 21.4. The molecule has 0 aliphatic carbocycles. The van der Waals surface area contributed by atoms with Crippen molar-refractivity contribution in [2.24, 2.45) is 0 Å². The lowest BCUT2D eigenvalue weighted by atomic mass is 10.00. The van der Waals surface area contributed by atoms with Crippen molar-refractivity contribution in [2.75, 3.05) is 6.61 Å². The summed E-state index contributed by atoms with van der Waals surface area (Å²) in [5.74, 6) is 9.55. The van der Waals surface area contributed by atoms with Crippen LogP contribution in [0.25, 0.3) is 11.1 Å². The zero-order valence-electron chi connectivity index (χ0n) is 16.0. The Hall–Kier alpha value is -3.75. The van der Waals surface area contributed by atoms with Gasteiger partial charge in [0.2, 0.25) is 0 Å². The predicted molar refractivity (Wildman–Crippen MR) is 113 cm³/mol. The molecule has 0 amide bonds. The first kappa shape index (κ1) is 19.0. The Morgan fingerprint density at radius 2 is 1.68 bits per heavy atom. The van der Waals surface area contributed by atoms with Crippen LogP contribution < -0.4 is 4.74 Å². The van der Waals surface area contributed by atoms with E-state index >= 15 is 0 Å². The molecule has 0 fully saturated rings. The summed E-state index contributed by atoms with van der Waals surface area (Å²) in [7, 11) is 0. The minimum absolute atomic E-state index is 0.0373. The highest BCUT2D eigenvalue weighted by atomic mass is 16.5. The van der Waals surface area contributed by atoms with Crippen LogP contribution in [0.2, 0.25) is 0 Å². The molecule has 0 bridgehead atoms. The largest absolute Gasteiger partial charge is 0.479 e. The van der Waals surface area contributed by atoms with Crippen LogP contribution in [0.3, 0.4) is 0 Å². The Kier molecular flexibility index (Phi) is 5.95. The van der Waals surface area contributed by atoms with Crippen molar-refractivity contribution in [2.45, 2.75) is 13.8 Å². The van der Waals surface area contributed by atoms with Gasteiger partial charge in [0.1, 0.15) is 12.4 Å². The minimum atomic E-state index is 0.0373. The van der Waals surface area contributed by atoms with E-state index in [0.29, 0.717) is 11.3 Å². The molecular formula is C26H20O2. The number of Topliss-reactive ketones (excluding diaryl/α,β-unsaturated/α-hetero) is 1. The maximum Gasteiger partial charge on any atom is 0.159 e. The molecule has 3 aromatic carbocycles. The summed E-state index contributed by atoms with van der Waals surface area (Å²) in [4.78, 5) is 11.4. The van der Waals surface area contributed by atoms with Gasteiger partial charge in [-0.2, -0.15) is 0 Å². The van der Waals surface area contributed by atoms with Gasteiger partial charge in [0, 0.05) is 16.7 Å². The van der Waals surface area contributed by atoms with Gasteiger partial charge in [-0.25, -0.2) is 0 Å². The smallest absolute Gasteiger partial charge is 0.159 e. The van der Waals surface area contributed by atoms with Crippen molar-refractivity contribution in [1.82, 2.24) is 0 Å². The van der Waals surface area contributed by atoms with Crippen molar-refractivity contribution in [1.29, 1.82) is 0 Å². The third-order valence-electron chi connectivity index (χ3n) is 4.31. The third-order valence-corrected chi connectivity index (χ3v) is 4.31. The van der Waals surface area contributed by atoms with Crippen LogP contribution in [-0.4, -0.2) is 12.4 Å². The van der Waals surface area contributed by atoms with Gasteiger partial charge in [0.25, 0.3) is 0 Å². The maximum atomic E-state index is 11.4. The second-order valence-electron chi connectivity index (χ2n) is 6.42. The van der Waals surface area contributed by atoms with E-state index in [1.807, 2.05) is 30.3 Å². The zero-order valence-corrected chi connectivity index (χ0v) is 16.0. The van der Waals surface area contributed by atoms with Crippen molar-refractivity contribution >= 4 is 5.78 Å². The highest BCUT2D eigenvalue weighted by Gasteiger charge is 2.10. The lowest BCUT2D eigenvalue weighted by molar-refractivity contribution is 0.101. The molecule has 0 radical (unpaired) electrons. The van der Waals surface area contributed by atoms with Crippen molar-refractivity contribution in [3.05, 3.63) is 89.0 Å². The summed E-state index contributed by atoms with van der Waals surface area (Å²) in [6.45, 7) is 3.77. The number of hydrogen-bond donors (Lipinski definition) is 0. The van der Waals surface area contributed by atoms with E-state index in [-0.39, 0.29) is 12.4 Å². The van der Waals surface area contributed by atoms with Crippen molar-refractivity contribution < 1.29 is 9.53 Å². The van der Waals surface area contributed by atoms with Gasteiger partial charge in [0.15, 0.2) is 5.78 Å². The maximum absolute atomic E-state index is 11.4. The van der Waals surface area contributed by atoms with Crippen LogP contribution in [0, 0.1) is 31.1 Å². The molecule has 0 heterocycles. The van der Waals surface area contributed by atoms with Crippen LogP contribution in [0.5, 0.6) is 5.75 Å². The Morgan fingerprint density at radius 3 is 2.32 bits per heavy atom. The Labute approximate surface area is 166 Å². The molecule has 136 valence electrons. The lowest BCUT2D eigenvalue weighted by Gasteiger charge is -2.12. The molecule has 0 atom stereocenters. The number of carbonyl (C=O) groups is 1. The second-order valence-corrected chi connectivity index (χ2v) is 6.42. The fraction of sp³-hybridized carbons (Fsp3) is 0.115. The average molecular weight is 364 g/mol. The SMILES string of the molecule is C#CCOc1c(C#Cc2ccc(C(C)=O)cc2)cccc1-c1ccc(C)cc1. The zero-order chi connectivity index (χ0) is 19.9. The number of benzene rings is 3. The topological polar surface area (TPSA) is 26.3 Å². The first-order valence-corrected chi connectivity index (χ1v) is 8.98. The molecule has 0 N–H and O–H groups in total. The van der Waals surface area contributed by atoms with E-state index in [2.05, 4.69) is 49.0 Å². The average Bonchev–Trinajstić information content (AvgIpc) is 2.71. The molecule has 0 saturated heterocycles. The first-order chi connectivity index (χ1) is 13.6. The molecular weight excluding hydrogens is 344 g/mol. The molecule has 3 aromatic rings. The van der Waals surface area contributed by atoms with Gasteiger partial charge in [-0.05, 0) is 37.6 Å². The quantitative estimate of drug-likeness (QED) is 0.465. The lowest BCUT2D eigenvalue weighted by Crippen LogP contribution is -1.98. The Balaban J connectivity index is 2.01. The van der Waals surface area contributed by atoms with Crippen LogP contribution in [0.4, 0.5) is 0 Å². The van der Waals surface area contributed by atoms with E-state index < -0.39 is 0 Å². The molecule has 3 rings (SSSR count). The number of terminal acetylenes is 1. The van der Waals surface area contributed by atoms with E-state index in [1.165, 1.54) is 5.56 Å². The fourth-order valence-electron chi connectivity index (χ4n) is 2.79. The second kappa shape index (κ2) is 8.76. The number of para-hydroxylation sites is 1. The molecule has 0 saturated carbocycles. The van der Waals surface area contributed by atoms with E-state index in [1.54, 1.807) is 19.1 Å². The minimum Gasteiger partial charge on any atom is -0.479 e. The van der Waals surface area contributed by atoms with Crippen molar-refractivity contribution in [3.63, 3.8) is 0 Å². The van der Waals surface area contributed by atoms with Crippen molar-refractivity contribution in [3.8, 4) is 41.1 Å². The van der Waals surface area contributed by atoms with Crippen LogP contribution in [0.15, 0.2) is 66.7 Å². The summed E-state index contributed by atoms with van der Waals surface area (Å²) in [5, 5.41) is 0. The van der Waals surface area contributed by atoms with Crippen LogP contribution >= 0.6 is 0 Å². The van der Waals surface area contributed by atoms with Gasteiger partial charge in [-0.3, -0.25) is 4.79 Å². The van der Waals surface area contributed by atoms with E-state index in [0.717, 1.165) is 22.3 Å². The Bertz CT molecular complexity index is 1090. The molecule has 28 heavy (non-hydrogen) atoms. The third kappa shape index (κ3) is 4.50. The number of aryl methyl sites for hydroxylation is 1. The predicted octanol–water partition coefficient (Wildman–Crippen LogP) is 5.28. The number of hydrogen-bond acceptors (Lipinski definition) is 2. The summed E-state index contributed by atoms with van der Waals surface area (Å²) in [6.07, 6.45) is 5.40. The van der Waals surface area contributed by atoms with Gasteiger partial charge in [-0.15, -0.1) is 6.42 Å². The molecule has 0 unspecified atom stereocenters. The number of carbonyl (C=O) groups excluding carboxylic acids is 1. The standard InChI is InChI=1S/C26H20O2/c1-4-18-28-26-24(17-12-21-10-15-22(16-11-21)20(3)27)6-5-7-25(26)23-13-8-19(2)9-14-23/h1,5-11,13-16H,18H2,2-3H3. The number of ketones is 1. The van der Waals surface area contributed by atoms with Crippen LogP contribution in [-0.2, 0) is 0 Å². The molecule has 0 spiro atoms. The van der Waals surface area contributed by atoms with E-state index in [9.17, 15) is 4.79 Å². The molecule has 0 aliphatic heterocycles. The van der Waals surface area contributed by atoms with Crippen LogP contribution in [0.1, 0.15) is 34.0 Å². The van der Waals surface area contributed by atoms with Gasteiger partial charge in [0.05, 0.1) is 5.56 Å². The first-order valence-electron chi connectivity index (χ1n) is 8.98. The monoisotopic (exact) mass is 364 g/mol. The highest BCUT2D eigenvalue weighted by Crippen LogP contribution is 2.33. The van der Waals surface area contributed by atoms with Gasteiger partial charge in [-0.1, -0.05) is 71.9 Å². The van der Waals surface area contributed by atoms with Gasteiger partial charge >= 0.3 is 0 Å². The molecule has 2 heteroatoms. The summed E-state index contributed by atoms with van der Waals surface area (Å²) >= 11 is 0. The number of rotatable bonds is 4. The van der Waals surface area contributed by atoms with Gasteiger partial charge < -0.3 is 4.74 Å². The normalized spacial score (nSPS) is 9.75. The summed E-state index contributed by atoms with van der Waals surface area (Å²) < 4.78 is 5.86. The Morgan fingerprint density at radius 1 is 0.964 bits per heavy atom. The van der Waals surface area contributed by atoms with E-state index in [4.69, 9.17) is 11.2 Å². The summed E-state index contributed by atoms with van der Waals surface area (Å²) in [5.41, 5.74) is 5.46. The molecule has 0 aliphatic rings. The molecule has 0 aromatic heterocycles. The highest BCUT2D eigenvalue weighted by molar-refractivity contribution is 5.94.